The summed E-state index contributed by atoms with van der Waals surface area (Å²) in [6.07, 6.45) is 0. The van der Waals surface area contributed by atoms with E-state index in [1.807, 2.05) is 11.5 Å². The lowest BCUT2D eigenvalue weighted by Crippen LogP contribution is -2.33. The highest BCUT2D eigenvalue weighted by molar-refractivity contribution is 7.21. The van der Waals surface area contributed by atoms with Gasteiger partial charge in [0.25, 0.3) is 0 Å². The molecule has 0 saturated carbocycles. The van der Waals surface area contributed by atoms with E-state index in [2.05, 4.69) is 0 Å². The van der Waals surface area contributed by atoms with Crippen LogP contribution in [0, 0.1) is 0 Å². The van der Waals surface area contributed by atoms with Gasteiger partial charge in [-0.3, -0.25) is 5.73 Å². The summed E-state index contributed by atoms with van der Waals surface area (Å²) in [5, 5.41) is 10.2. The Morgan fingerprint density at radius 3 is 2.87 bits per heavy atom. The third-order valence-corrected chi connectivity index (χ3v) is 3.27. The molecule has 1 aromatic carbocycles. The van der Waals surface area contributed by atoms with Gasteiger partial charge in [0.2, 0.25) is 0 Å². The van der Waals surface area contributed by atoms with Crippen molar-refractivity contribution < 1.29 is 14.4 Å². The molecule has 2 rings (SSSR count). The number of thiazole rings is 1. The van der Waals surface area contributed by atoms with Gasteiger partial charge in [0.1, 0.15) is 5.75 Å². The number of anilines is 1. The van der Waals surface area contributed by atoms with Gasteiger partial charge in [-0.15, -0.1) is 0 Å². The average molecular weight is 225 g/mol. The number of nitrogens with two attached hydrogens (primary N) is 1. The highest BCUT2D eigenvalue weighted by atomic mass is 32.1. The molecule has 1 aromatic heterocycles. The van der Waals surface area contributed by atoms with Crippen LogP contribution in [0.15, 0.2) is 12.1 Å². The molecular weight excluding hydrogens is 212 g/mol. The fourth-order valence-corrected chi connectivity index (χ4v) is 2.70. The second-order valence-corrected chi connectivity index (χ2v) is 4.24. The van der Waals surface area contributed by atoms with Gasteiger partial charge < -0.3 is 9.84 Å². The van der Waals surface area contributed by atoms with Crippen molar-refractivity contribution in [2.75, 3.05) is 12.8 Å². The molecule has 15 heavy (non-hydrogen) atoms. The summed E-state index contributed by atoms with van der Waals surface area (Å²) in [4.78, 5) is 0. The number of hydrogen-bond acceptors (Lipinski definition) is 4. The highest BCUT2D eigenvalue weighted by Gasteiger charge is 2.18. The zero-order valence-electron chi connectivity index (χ0n) is 8.65. The zero-order valence-corrected chi connectivity index (χ0v) is 9.47. The first-order valence-corrected chi connectivity index (χ1v) is 5.47. The number of phenolic OH excluding ortho intramolecular Hbond substituents is 1. The molecule has 0 bridgehead atoms. The minimum Gasteiger partial charge on any atom is -0.508 e. The Hall–Kier alpha value is -1.49. The van der Waals surface area contributed by atoms with Gasteiger partial charge in [-0.05, 0) is 18.3 Å². The first-order valence-electron chi connectivity index (χ1n) is 4.66. The summed E-state index contributed by atoms with van der Waals surface area (Å²) < 4.78 is 8.14. The van der Waals surface area contributed by atoms with Crippen LogP contribution in [0.3, 0.4) is 0 Å². The summed E-state index contributed by atoms with van der Waals surface area (Å²) in [6, 6.07) is 3.30. The quantitative estimate of drug-likeness (QED) is 0.761. The van der Waals surface area contributed by atoms with Crippen molar-refractivity contribution in [2.24, 2.45) is 0 Å². The smallest absolute Gasteiger partial charge is 0.332 e. The number of rotatable bonds is 2. The van der Waals surface area contributed by atoms with Crippen LogP contribution >= 0.6 is 11.3 Å². The Labute approximate surface area is 91.5 Å². The van der Waals surface area contributed by atoms with Gasteiger partial charge in [0, 0.05) is 12.1 Å². The zero-order chi connectivity index (χ0) is 11.0. The van der Waals surface area contributed by atoms with Crippen LogP contribution < -0.4 is 15.0 Å². The fraction of sp³-hybridized carbons (Fsp3) is 0.300. The van der Waals surface area contributed by atoms with Crippen LogP contribution in [0.4, 0.5) is 5.13 Å². The fourth-order valence-electron chi connectivity index (χ4n) is 1.66. The molecule has 80 valence electrons. The van der Waals surface area contributed by atoms with Gasteiger partial charge in [-0.2, -0.15) is 0 Å². The van der Waals surface area contributed by atoms with E-state index in [4.69, 9.17) is 10.5 Å². The number of fused-ring (bicyclic) bond motifs is 1. The topological polar surface area (TPSA) is 59.4 Å². The van der Waals surface area contributed by atoms with E-state index in [1.165, 1.54) is 11.3 Å². The Morgan fingerprint density at radius 2 is 2.27 bits per heavy atom. The molecule has 0 aliphatic rings. The predicted molar refractivity (Wildman–Crippen MR) is 60.3 cm³/mol. The molecule has 0 saturated heterocycles. The lowest BCUT2D eigenvalue weighted by molar-refractivity contribution is -0.649. The molecule has 0 spiro atoms. The van der Waals surface area contributed by atoms with E-state index in [0.717, 1.165) is 21.9 Å². The van der Waals surface area contributed by atoms with Crippen LogP contribution in [-0.4, -0.2) is 12.2 Å². The Bertz CT molecular complexity index is 508. The summed E-state index contributed by atoms with van der Waals surface area (Å²) in [5.74, 6) is 0.851. The number of methoxy groups -OCH3 is 1. The highest BCUT2D eigenvalue weighted by Crippen LogP contribution is 2.33. The summed E-state index contributed by atoms with van der Waals surface area (Å²) in [6.45, 7) is 2.81. The standard InChI is InChI=1S/C10H12N2O2S/c1-3-12-9-7(14-2)4-6(13)5-8(9)15-10(12)11/h4-5,11,13H,3H2,1-2H3/p+1. The molecule has 1 heterocycles. The van der Waals surface area contributed by atoms with E-state index in [9.17, 15) is 5.11 Å². The first kappa shape index (κ1) is 10.0. The van der Waals surface area contributed by atoms with Gasteiger partial charge in [0.05, 0.1) is 18.4 Å². The maximum Gasteiger partial charge on any atom is 0.332 e. The molecule has 0 amide bonds. The Kier molecular flexibility index (Phi) is 2.40. The van der Waals surface area contributed by atoms with E-state index in [-0.39, 0.29) is 5.75 Å². The normalized spacial score (nSPS) is 10.8. The maximum atomic E-state index is 9.49. The molecule has 4 nitrogen and oxygen atoms in total. The van der Waals surface area contributed by atoms with Crippen molar-refractivity contribution in [1.29, 1.82) is 0 Å². The van der Waals surface area contributed by atoms with Crippen LogP contribution in [-0.2, 0) is 6.54 Å². The second kappa shape index (κ2) is 3.58. The first-order chi connectivity index (χ1) is 7.17. The number of hydrogen-bond donors (Lipinski definition) is 2. The predicted octanol–water partition coefficient (Wildman–Crippen LogP) is 1.51. The van der Waals surface area contributed by atoms with E-state index in [1.54, 1.807) is 19.2 Å². The average Bonchev–Trinajstić information content (AvgIpc) is 2.52. The van der Waals surface area contributed by atoms with Crippen LogP contribution in [0.1, 0.15) is 6.92 Å². The number of ether oxygens (including phenoxy) is 1. The van der Waals surface area contributed by atoms with E-state index < -0.39 is 0 Å². The van der Waals surface area contributed by atoms with Gasteiger partial charge in [-0.25, -0.2) is 4.57 Å². The number of nitrogen functional groups attached to an aromatic ring is 1. The largest absolute Gasteiger partial charge is 0.508 e. The second-order valence-electron chi connectivity index (χ2n) is 3.18. The van der Waals surface area contributed by atoms with Crippen molar-refractivity contribution in [2.45, 2.75) is 13.5 Å². The lowest BCUT2D eigenvalue weighted by Gasteiger charge is -2.02. The number of phenols is 1. The molecule has 0 fully saturated rings. The van der Waals surface area contributed by atoms with Crippen LogP contribution in [0.5, 0.6) is 11.5 Å². The van der Waals surface area contributed by atoms with E-state index in [0.29, 0.717) is 5.75 Å². The molecule has 0 unspecified atom stereocenters. The summed E-state index contributed by atoms with van der Waals surface area (Å²) >= 11 is 1.45. The minimum atomic E-state index is 0.198. The number of aromatic hydroxyl groups is 1. The molecule has 0 radical (unpaired) electrons. The van der Waals surface area contributed by atoms with Crippen molar-refractivity contribution >= 4 is 26.7 Å². The molecule has 2 aromatic rings. The Morgan fingerprint density at radius 1 is 1.53 bits per heavy atom. The maximum absolute atomic E-state index is 9.49. The minimum absolute atomic E-state index is 0.198. The lowest BCUT2D eigenvalue weighted by atomic mass is 10.3. The summed E-state index contributed by atoms with van der Waals surface area (Å²) in [5.41, 5.74) is 6.83. The third-order valence-electron chi connectivity index (χ3n) is 2.31. The molecule has 0 atom stereocenters. The monoisotopic (exact) mass is 225 g/mol. The third kappa shape index (κ3) is 1.48. The van der Waals surface area contributed by atoms with Crippen molar-refractivity contribution in [3.05, 3.63) is 12.1 Å². The summed E-state index contributed by atoms with van der Waals surface area (Å²) in [7, 11) is 1.59. The van der Waals surface area contributed by atoms with Crippen molar-refractivity contribution in [3.63, 3.8) is 0 Å². The number of aromatic nitrogens is 1. The van der Waals surface area contributed by atoms with Crippen molar-refractivity contribution in [1.82, 2.24) is 0 Å². The SMILES string of the molecule is CC[n+]1c(N)sc2cc(O)cc(OC)c21. The Balaban J connectivity index is 2.85. The van der Waals surface area contributed by atoms with Gasteiger partial charge in [-0.1, -0.05) is 0 Å². The molecule has 0 aliphatic heterocycles. The number of nitrogens with zero attached hydrogens (tertiary/aromatic N) is 1. The van der Waals surface area contributed by atoms with Gasteiger partial charge >= 0.3 is 5.13 Å². The number of benzene rings is 1. The van der Waals surface area contributed by atoms with E-state index >= 15 is 0 Å². The molecule has 0 aliphatic carbocycles. The molecule has 5 heteroatoms. The molecule has 3 N–H and O–H groups in total. The number of aryl methyl sites for hydroxylation is 1. The molecular formula is C10H13N2O2S+. The van der Waals surface area contributed by atoms with Crippen molar-refractivity contribution in [3.8, 4) is 11.5 Å². The van der Waals surface area contributed by atoms with Gasteiger partial charge in [0.15, 0.2) is 11.3 Å². The van der Waals surface area contributed by atoms with Crippen LogP contribution in [0.2, 0.25) is 0 Å². The van der Waals surface area contributed by atoms with Crippen LogP contribution in [0.25, 0.3) is 10.2 Å².